The average Bonchev–Trinajstić information content (AvgIpc) is 2.95. The summed E-state index contributed by atoms with van der Waals surface area (Å²) in [6, 6.07) is 10.5. The van der Waals surface area contributed by atoms with E-state index < -0.39 is 0 Å². The van der Waals surface area contributed by atoms with Crippen LogP contribution < -0.4 is 10.5 Å². The van der Waals surface area contributed by atoms with E-state index in [1.165, 1.54) is 27.4 Å². The zero-order valence-corrected chi connectivity index (χ0v) is 15.5. The standard InChI is InChI=1S/C19H23N3OS/c1-19(2,3)15-7-5-14(6-8-15)12-21(4)13-16-11-17(23)22-9-10-24-18(22)20-16/h5-11H,12-13H2,1-4H3/p+1. The second-order valence-electron chi connectivity index (χ2n) is 7.40. The average molecular weight is 342 g/mol. The lowest BCUT2D eigenvalue weighted by Gasteiger charge is -2.19. The van der Waals surface area contributed by atoms with Crippen LogP contribution in [0.15, 0.2) is 46.7 Å². The van der Waals surface area contributed by atoms with Gasteiger partial charge in [0.15, 0.2) is 4.96 Å². The number of aromatic nitrogens is 2. The maximum absolute atomic E-state index is 12.1. The van der Waals surface area contributed by atoms with E-state index in [2.05, 4.69) is 57.1 Å². The second kappa shape index (κ2) is 6.49. The third-order valence-electron chi connectivity index (χ3n) is 4.16. The summed E-state index contributed by atoms with van der Waals surface area (Å²) in [5, 5.41) is 1.89. The predicted molar refractivity (Wildman–Crippen MR) is 98.8 cm³/mol. The van der Waals surface area contributed by atoms with Gasteiger partial charge < -0.3 is 4.90 Å². The lowest BCUT2D eigenvalue weighted by atomic mass is 9.87. The molecule has 0 saturated heterocycles. The molecule has 0 aliphatic heterocycles. The molecule has 5 heteroatoms. The zero-order valence-electron chi connectivity index (χ0n) is 14.7. The highest BCUT2D eigenvalue weighted by Gasteiger charge is 2.14. The molecule has 0 saturated carbocycles. The number of nitrogens with one attached hydrogen (secondary N) is 1. The van der Waals surface area contributed by atoms with Gasteiger partial charge in [-0.05, 0) is 11.0 Å². The highest BCUT2D eigenvalue weighted by atomic mass is 32.1. The van der Waals surface area contributed by atoms with Crippen molar-refractivity contribution in [1.29, 1.82) is 0 Å². The summed E-state index contributed by atoms with van der Waals surface area (Å²) in [6.07, 6.45) is 1.77. The number of hydrogen-bond donors (Lipinski definition) is 1. The number of quaternary nitrogens is 1. The highest BCUT2D eigenvalue weighted by Crippen LogP contribution is 2.21. The molecular weight excluding hydrogens is 318 g/mol. The number of benzene rings is 1. The van der Waals surface area contributed by atoms with E-state index >= 15 is 0 Å². The Hall–Kier alpha value is -1.98. The Morgan fingerprint density at radius 1 is 1.17 bits per heavy atom. The van der Waals surface area contributed by atoms with Crippen LogP contribution in [0.5, 0.6) is 0 Å². The Morgan fingerprint density at radius 2 is 1.88 bits per heavy atom. The topological polar surface area (TPSA) is 38.8 Å². The van der Waals surface area contributed by atoms with Crippen LogP contribution in [0, 0.1) is 0 Å². The second-order valence-corrected chi connectivity index (χ2v) is 8.27. The minimum atomic E-state index is -0.00131. The first-order chi connectivity index (χ1) is 11.3. The van der Waals surface area contributed by atoms with E-state index in [-0.39, 0.29) is 11.0 Å². The van der Waals surface area contributed by atoms with Crippen molar-refractivity contribution in [3.05, 3.63) is 69.1 Å². The largest absolute Gasteiger partial charge is 0.329 e. The van der Waals surface area contributed by atoms with Gasteiger partial charge in [-0.1, -0.05) is 45.0 Å². The fraction of sp³-hybridized carbons (Fsp3) is 0.368. The van der Waals surface area contributed by atoms with Gasteiger partial charge in [-0.15, -0.1) is 11.3 Å². The summed E-state index contributed by atoms with van der Waals surface area (Å²) in [4.78, 5) is 18.7. The van der Waals surface area contributed by atoms with Crippen molar-refractivity contribution in [2.75, 3.05) is 7.05 Å². The van der Waals surface area contributed by atoms with Crippen molar-refractivity contribution in [3.8, 4) is 0 Å². The smallest absolute Gasteiger partial charge is 0.258 e. The van der Waals surface area contributed by atoms with Crippen LogP contribution in [-0.4, -0.2) is 16.4 Å². The van der Waals surface area contributed by atoms with Crippen LogP contribution in [-0.2, 0) is 18.5 Å². The van der Waals surface area contributed by atoms with Gasteiger partial charge in [-0.2, -0.15) is 0 Å². The highest BCUT2D eigenvalue weighted by molar-refractivity contribution is 7.15. The molecule has 4 nitrogen and oxygen atoms in total. The monoisotopic (exact) mass is 342 g/mol. The van der Waals surface area contributed by atoms with Crippen molar-refractivity contribution < 1.29 is 4.90 Å². The van der Waals surface area contributed by atoms with Crippen LogP contribution in [0.2, 0.25) is 0 Å². The molecule has 3 aromatic rings. The number of rotatable bonds is 4. The molecule has 1 aromatic carbocycles. The van der Waals surface area contributed by atoms with E-state index in [1.54, 1.807) is 16.7 Å². The van der Waals surface area contributed by atoms with Gasteiger partial charge in [0.2, 0.25) is 0 Å². The van der Waals surface area contributed by atoms with Crippen molar-refractivity contribution >= 4 is 16.3 Å². The fourth-order valence-electron chi connectivity index (χ4n) is 2.82. The van der Waals surface area contributed by atoms with Crippen molar-refractivity contribution in [3.63, 3.8) is 0 Å². The van der Waals surface area contributed by atoms with Gasteiger partial charge >= 0.3 is 0 Å². The van der Waals surface area contributed by atoms with Crippen molar-refractivity contribution in [2.24, 2.45) is 0 Å². The van der Waals surface area contributed by atoms with E-state index in [4.69, 9.17) is 0 Å². The molecule has 126 valence electrons. The summed E-state index contributed by atoms with van der Waals surface area (Å²) in [7, 11) is 2.13. The molecule has 0 bridgehead atoms. The van der Waals surface area contributed by atoms with Gasteiger partial charge in [0.1, 0.15) is 18.8 Å². The van der Waals surface area contributed by atoms with Gasteiger partial charge in [-0.3, -0.25) is 9.20 Å². The van der Waals surface area contributed by atoms with Gasteiger partial charge in [0.05, 0.1) is 7.05 Å². The summed E-state index contributed by atoms with van der Waals surface area (Å²) < 4.78 is 1.59. The third kappa shape index (κ3) is 3.74. The molecule has 0 aliphatic rings. The molecule has 0 spiro atoms. The van der Waals surface area contributed by atoms with Crippen LogP contribution in [0.25, 0.3) is 4.96 Å². The minimum Gasteiger partial charge on any atom is -0.329 e. The molecule has 0 fully saturated rings. The van der Waals surface area contributed by atoms with Crippen LogP contribution in [0.1, 0.15) is 37.6 Å². The minimum absolute atomic E-state index is 0.00131. The van der Waals surface area contributed by atoms with Gasteiger partial charge in [-0.25, -0.2) is 4.98 Å². The summed E-state index contributed by atoms with van der Waals surface area (Å²) in [5.41, 5.74) is 3.68. The van der Waals surface area contributed by atoms with Crippen molar-refractivity contribution in [2.45, 2.75) is 39.3 Å². The maximum atomic E-state index is 12.1. The number of hydrogen-bond acceptors (Lipinski definition) is 3. The van der Waals surface area contributed by atoms with Crippen molar-refractivity contribution in [1.82, 2.24) is 9.38 Å². The molecule has 2 aromatic heterocycles. The molecule has 1 N–H and O–H groups in total. The molecule has 0 aliphatic carbocycles. The SMILES string of the molecule is C[NH+](Cc1ccc(C(C)(C)C)cc1)Cc1cc(=O)n2ccsc2n1. The molecule has 2 heterocycles. The van der Waals surface area contributed by atoms with E-state index in [9.17, 15) is 4.79 Å². The Morgan fingerprint density at radius 3 is 2.54 bits per heavy atom. The quantitative estimate of drug-likeness (QED) is 0.790. The zero-order chi connectivity index (χ0) is 17.3. The van der Waals surface area contributed by atoms with Crippen LogP contribution in [0.4, 0.5) is 0 Å². The molecule has 1 atom stereocenters. The van der Waals surface area contributed by atoms with Crippen LogP contribution >= 0.6 is 11.3 Å². The molecule has 1 unspecified atom stereocenters. The van der Waals surface area contributed by atoms with Gasteiger partial charge in [0, 0.05) is 23.2 Å². The summed E-state index contributed by atoms with van der Waals surface area (Å²) in [5.74, 6) is 0. The maximum Gasteiger partial charge on any atom is 0.258 e. The first-order valence-corrected chi connectivity index (χ1v) is 9.07. The Kier molecular flexibility index (Phi) is 4.56. The molecular formula is C19H24N3OS+. The lowest BCUT2D eigenvalue weighted by Crippen LogP contribution is -3.06. The third-order valence-corrected chi connectivity index (χ3v) is 4.92. The van der Waals surface area contributed by atoms with Crippen LogP contribution in [0.3, 0.4) is 0 Å². The molecule has 24 heavy (non-hydrogen) atoms. The van der Waals surface area contributed by atoms with E-state index in [0.717, 1.165) is 23.7 Å². The summed E-state index contributed by atoms with van der Waals surface area (Å²) >= 11 is 1.49. The van der Waals surface area contributed by atoms with E-state index in [1.807, 2.05) is 5.38 Å². The Bertz CT molecular complexity index is 887. The predicted octanol–water partition coefficient (Wildman–Crippen LogP) is 2.27. The molecule has 0 amide bonds. The number of thiazole rings is 1. The van der Waals surface area contributed by atoms with E-state index in [0.29, 0.717) is 0 Å². The molecule has 3 rings (SSSR count). The number of fused-ring (bicyclic) bond motifs is 1. The Balaban J connectivity index is 1.70. The first kappa shape index (κ1) is 16.9. The Labute approximate surface area is 146 Å². The molecule has 0 radical (unpaired) electrons. The normalized spacial score (nSPS) is 13.3. The lowest BCUT2D eigenvalue weighted by molar-refractivity contribution is -0.908. The first-order valence-electron chi connectivity index (χ1n) is 8.19. The summed E-state index contributed by atoms with van der Waals surface area (Å²) in [6.45, 7) is 8.33. The number of nitrogens with zero attached hydrogens (tertiary/aromatic N) is 2. The van der Waals surface area contributed by atoms with Gasteiger partial charge in [0.25, 0.3) is 5.56 Å². The fourth-order valence-corrected chi connectivity index (χ4v) is 3.56.